The monoisotopic (exact) mass is 538 g/mol. The van der Waals surface area contributed by atoms with Gasteiger partial charge in [0.2, 0.25) is 0 Å². The molecule has 2 heterocycles. The molecule has 6 aromatic carbocycles. The van der Waals surface area contributed by atoms with E-state index in [1.807, 2.05) is 0 Å². The van der Waals surface area contributed by atoms with E-state index in [0.717, 1.165) is 0 Å². The molecule has 6 aromatic rings. The highest BCUT2D eigenvalue weighted by Gasteiger charge is 2.99. The van der Waals surface area contributed by atoms with Crippen molar-refractivity contribution < 1.29 is 4.74 Å². The Kier molecular flexibility index (Phi) is 4.79. The van der Waals surface area contributed by atoms with Gasteiger partial charge in [0.25, 0.3) is 0 Å². The Hall–Kier alpha value is -4.72. The molecule has 0 spiro atoms. The van der Waals surface area contributed by atoms with Crippen molar-refractivity contribution in [3.8, 4) is 0 Å². The summed E-state index contributed by atoms with van der Waals surface area (Å²) < 4.78 is 8.02. The average Bonchev–Trinajstić information content (AvgIpc) is 3.54. The first-order chi connectivity index (χ1) is 20.8. The van der Waals surface area contributed by atoms with Gasteiger partial charge in [-0.05, 0) is 38.9 Å². The normalized spacial score (nSPS) is 30.0. The maximum Gasteiger partial charge on any atom is 0.131 e. The topological polar surface area (TPSA) is 9.23 Å². The highest BCUT2D eigenvalue weighted by molar-refractivity contribution is 5.79. The lowest BCUT2D eigenvalue weighted by Gasteiger charge is -2.40. The molecular weight excluding hydrogens is 508 g/mol. The molecule has 2 aliphatic heterocycles. The van der Waals surface area contributed by atoms with E-state index < -0.39 is 22.0 Å². The smallest absolute Gasteiger partial charge is 0.131 e. The SMILES string of the molecule is c1ccc(C2[C@@]3(c4ccccc4)[C@@]4(c5ccccc5)O[C@@](c5ccccc5)(c5ccccc54)[C@@]23c2ccccc2)cc1. The Balaban J connectivity index is 1.55. The Bertz CT molecular complexity index is 1780. The Morgan fingerprint density at radius 2 is 0.643 bits per heavy atom. The van der Waals surface area contributed by atoms with Gasteiger partial charge >= 0.3 is 0 Å². The zero-order valence-electron chi connectivity index (χ0n) is 23.2. The van der Waals surface area contributed by atoms with Crippen molar-refractivity contribution in [3.05, 3.63) is 215 Å². The second-order valence-corrected chi connectivity index (χ2v) is 11.9. The van der Waals surface area contributed by atoms with E-state index >= 15 is 0 Å². The maximum atomic E-state index is 8.02. The van der Waals surface area contributed by atoms with Crippen molar-refractivity contribution in [2.45, 2.75) is 27.9 Å². The fraction of sp³-hybridized carbons (Fsp3) is 0.122. The van der Waals surface area contributed by atoms with E-state index in [-0.39, 0.29) is 5.92 Å². The van der Waals surface area contributed by atoms with E-state index in [0.29, 0.717) is 0 Å². The molecule has 2 bridgehead atoms. The highest BCUT2D eigenvalue weighted by Crippen LogP contribution is 2.95. The van der Waals surface area contributed by atoms with E-state index in [4.69, 9.17) is 4.74 Å². The van der Waals surface area contributed by atoms with Crippen molar-refractivity contribution in [1.29, 1.82) is 0 Å². The van der Waals surface area contributed by atoms with Crippen LogP contribution < -0.4 is 0 Å². The number of benzene rings is 6. The number of fused-ring (bicyclic) bond motifs is 8. The van der Waals surface area contributed by atoms with Crippen LogP contribution in [0.1, 0.15) is 44.9 Å². The molecular formula is C41H30O. The summed E-state index contributed by atoms with van der Waals surface area (Å²) in [6.07, 6.45) is 0. The quantitative estimate of drug-likeness (QED) is 0.213. The molecule has 1 saturated carbocycles. The largest absolute Gasteiger partial charge is 0.348 e. The molecule has 42 heavy (non-hydrogen) atoms. The molecule has 1 aliphatic carbocycles. The van der Waals surface area contributed by atoms with Gasteiger partial charge in [-0.3, -0.25) is 0 Å². The molecule has 3 aliphatic rings. The van der Waals surface area contributed by atoms with Crippen LogP contribution >= 0.6 is 0 Å². The number of hydrogen-bond donors (Lipinski definition) is 0. The second-order valence-electron chi connectivity index (χ2n) is 11.9. The van der Waals surface area contributed by atoms with Crippen molar-refractivity contribution in [1.82, 2.24) is 0 Å². The number of ether oxygens (including phenoxy) is 1. The van der Waals surface area contributed by atoms with Gasteiger partial charge in [-0.15, -0.1) is 0 Å². The standard InChI is InChI=1S/C41H30O/c1-6-18-30(19-7-1)37-38(31-20-8-2-9-21-31)39(37,32-22-10-3-11-23-32)41(34-26-14-5-15-27-34)36-29-17-16-28-35(36)40(38,42-41)33-24-12-4-13-25-33/h1-29,37H/t37?,38-,39+,40-,41-/m0/s1. The van der Waals surface area contributed by atoms with Gasteiger partial charge in [-0.2, -0.15) is 0 Å². The minimum atomic E-state index is -0.724. The van der Waals surface area contributed by atoms with Crippen LogP contribution in [0.2, 0.25) is 0 Å². The molecule has 0 N–H and O–H groups in total. The molecule has 200 valence electrons. The molecule has 0 aromatic heterocycles. The maximum absolute atomic E-state index is 8.02. The molecule has 1 heteroatoms. The fourth-order valence-electron chi connectivity index (χ4n) is 9.43. The lowest BCUT2D eigenvalue weighted by Crippen LogP contribution is -2.45. The van der Waals surface area contributed by atoms with Crippen LogP contribution in [0.3, 0.4) is 0 Å². The number of hydrogen-bond acceptors (Lipinski definition) is 1. The molecule has 0 amide bonds. The zero-order chi connectivity index (χ0) is 27.8. The first kappa shape index (κ1) is 23.9. The Labute approximate surface area is 247 Å². The first-order valence-corrected chi connectivity index (χ1v) is 14.9. The lowest BCUT2D eigenvalue weighted by atomic mass is 9.57. The van der Waals surface area contributed by atoms with Crippen molar-refractivity contribution >= 4 is 0 Å². The van der Waals surface area contributed by atoms with Crippen molar-refractivity contribution in [2.75, 3.05) is 0 Å². The molecule has 9 rings (SSSR count). The average molecular weight is 539 g/mol. The van der Waals surface area contributed by atoms with Gasteiger partial charge in [0, 0.05) is 5.92 Å². The second kappa shape index (κ2) is 8.41. The van der Waals surface area contributed by atoms with Gasteiger partial charge in [0.1, 0.15) is 11.2 Å². The highest BCUT2D eigenvalue weighted by atomic mass is 16.5. The molecule has 1 saturated heterocycles. The summed E-state index contributed by atoms with van der Waals surface area (Å²) in [5.41, 5.74) is 6.65. The lowest BCUT2D eigenvalue weighted by molar-refractivity contribution is -0.0843. The molecule has 1 unspecified atom stereocenters. The van der Waals surface area contributed by atoms with Crippen LogP contribution in [0.15, 0.2) is 176 Å². The predicted molar refractivity (Wildman–Crippen MR) is 167 cm³/mol. The Morgan fingerprint density at radius 3 is 1.02 bits per heavy atom. The molecule has 0 radical (unpaired) electrons. The van der Waals surface area contributed by atoms with E-state index in [1.54, 1.807) is 0 Å². The summed E-state index contributed by atoms with van der Waals surface area (Å²) in [4.78, 5) is 0. The van der Waals surface area contributed by atoms with E-state index in [1.165, 1.54) is 38.9 Å². The summed E-state index contributed by atoms with van der Waals surface area (Å²) in [6, 6.07) is 64.7. The third-order valence-corrected chi connectivity index (χ3v) is 10.5. The van der Waals surface area contributed by atoms with Gasteiger partial charge in [0.15, 0.2) is 0 Å². The van der Waals surface area contributed by atoms with Crippen LogP contribution in [-0.4, -0.2) is 0 Å². The van der Waals surface area contributed by atoms with Gasteiger partial charge in [-0.1, -0.05) is 176 Å². The Morgan fingerprint density at radius 1 is 0.333 bits per heavy atom. The summed E-state index contributed by atoms with van der Waals surface area (Å²) >= 11 is 0. The first-order valence-electron chi connectivity index (χ1n) is 14.9. The summed E-state index contributed by atoms with van der Waals surface area (Å²) in [7, 11) is 0. The summed E-state index contributed by atoms with van der Waals surface area (Å²) in [5.74, 6) is 0.151. The zero-order valence-corrected chi connectivity index (χ0v) is 23.2. The number of rotatable bonds is 5. The minimum Gasteiger partial charge on any atom is -0.348 e. The van der Waals surface area contributed by atoms with Crippen LogP contribution in [-0.2, 0) is 26.8 Å². The summed E-state index contributed by atoms with van der Waals surface area (Å²) in [5, 5.41) is 0. The van der Waals surface area contributed by atoms with E-state index in [2.05, 4.69) is 176 Å². The van der Waals surface area contributed by atoms with Crippen LogP contribution in [0.5, 0.6) is 0 Å². The van der Waals surface area contributed by atoms with Crippen LogP contribution in [0.25, 0.3) is 0 Å². The van der Waals surface area contributed by atoms with Gasteiger partial charge < -0.3 is 4.74 Å². The minimum absolute atomic E-state index is 0.151. The van der Waals surface area contributed by atoms with Crippen molar-refractivity contribution in [3.63, 3.8) is 0 Å². The summed E-state index contributed by atoms with van der Waals surface area (Å²) in [6.45, 7) is 0. The van der Waals surface area contributed by atoms with Crippen molar-refractivity contribution in [2.24, 2.45) is 0 Å². The third-order valence-electron chi connectivity index (χ3n) is 10.5. The van der Waals surface area contributed by atoms with Crippen LogP contribution in [0, 0.1) is 0 Å². The van der Waals surface area contributed by atoms with Gasteiger partial charge in [0.05, 0.1) is 10.8 Å². The third kappa shape index (κ3) is 2.48. The van der Waals surface area contributed by atoms with E-state index in [9.17, 15) is 0 Å². The predicted octanol–water partition coefficient (Wildman–Crippen LogP) is 8.89. The van der Waals surface area contributed by atoms with Crippen LogP contribution in [0.4, 0.5) is 0 Å². The molecule has 5 atom stereocenters. The molecule has 1 nitrogen and oxygen atoms in total. The fourth-order valence-corrected chi connectivity index (χ4v) is 9.43. The molecule has 2 fully saturated rings. The van der Waals surface area contributed by atoms with Gasteiger partial charge in [-0.25, -0.2) is 0 Å².